The maximum absolute atomic E-state index is 13.1. The van der Waals surface area contributed by atoms with E-state index in [1.807, 2.05) is 0 Å². The molecule has 0 radical (unpaired) electrons. The second-order valence-corrected chi connectivity index (χ2v) is 7.16. The van der Waals surface area contributed by atoms with Crippen molar-refractivity contribution in [3.05, 3.63) is 119 Å². The summed E-state index contributed by atoms with van der Waals surface area (Å²) >= 11 is 0. The first kappa shape index (κ1) is 22.3. The van der Waals surface area contributed by atoms with Crippen molar-refractivity contribution in [1.82, 2.24) is 0 Å². The van der Waals surface area contributed by atoms with Gasteiger partial charge in [-0.15, -0.1) is 0 Å². The van der Waals surface area contributed by atoms with Crippen molar-refractivity contribution in [2.45, 2.75) is 0 Å². The van der Waals surface area contributed by atoms with Gasteiger partial charge in [-0.3, -0.25) is 4.79 Å². The van der Waals surface area contributed by atoms with Crippen LogP contribution < -0.4 is 9.47 Å². The molecule has 4 aromatic carbocycles. The quantitative estimate of drug-likeness (QED) is 0.245. The van der Waals surface area contributed by atoms with Crippen LogP contribution >= 0.6 is 0 Å². The molecule has 0 spiro atoms. The molecule has 7 heteroatoms. The highest BCUT2D eigenvalue weighted by Crippen LogP contribution is 2.26. The molecule has 0 heterocycles. The van der Waals surface area contributed by atoms with Crippen molar-refractivity contribution in [3.8, 4) is 23.0 Å². The van der Waals surface area contributed by atoms with E-state index in [-0.39, 0.29) is 45.3 Å². The number of esters is 2. The number of hydrogen-bond donors (Lipinski definition) is 2. The molecule has 168 valence electrons. The fourth-order valence-corrected chi connectivity index (χ4v) is 3.18. The van der Waals surface area contributed by atoms with Crippen LogP contribution in [0.4, 0.5) is 0 Å². The zero-order chi connectivity index (χ0) is 24.1. The number of rotatable bonds is 6. The predicted octanol–water partition coefficient (Wildman–Crippen LogP) is 4.77. The first-order valence-corrected chi connectivity index (χ1v) is 10.2. The lowest BCUT2D eigenvalue weighted by Crippen LogP contribution is -2.12. The summed E-state index contributed by atoms with van der Waals surface area (Å²) in [5, 5.41) is 19.7. The minimum absolute atomic E-state index is 0.0165. The lowest BCUT2D eigenvalue weighted by molar-refractivity contribution is 0.0720. The summed E-state index contributed by atoms with van der Waals surface area (Å²) in [6, 6.07) is 24.0. The van der Waals surface area contributed by atoms with Gasteiger partial charge in [-0.25, -0.2) is 9.59 Å². The normalized spacial score (nSPS) is 10.4. The maximum atomic E-state index is 13.1. The van der Waals surface area contributed by atoms with Gasteiger partial charge in [-0.05, 0) is 60.7 Å². The van der Waals surface area contributed by atoms with E-state index in [0.717, 1.165) is 0 Å². The van der Waals surface area contributed by atoms with Crippen LogP contribution in [0.5, 0.6) is 23.0 Å². The molecular weight excluding hydrogens is 436 g/mol. The van der Waals surface area contributed by atoms with Gasteiger partial charge in [-0.2, -0.15) is 0 Å². The Hall–Kier alpha value is -4.91. The standard InChI is InChI=1S/C27H18O7/c28-22-10-4-1-7-19(22)26(31)33-18-15-13-17(14-16-18)25(30)21-9-3-6-12-24(21)34-27(32)20-8-2-5-11-23(20)29/h1-16,28-29H. The minimum atomic E-state index is -0.801. The Kier molecular flexibility index (Phi) is 6.36. The summed E-state index contributed by atoms with van der Waals surface area (Å²) in [7, 11) is 0. The summed E-state index contributed by atoms with van der Waals surface area (Å²) < 4.78 is 10.6. The fourth-order valence-electron chi connectivity index (χ4n) is 3.18. The second-order valence-electron chi connectivity index (χ2n) is 7.16. The number of ketones is 1. The fraction of sp³-hybridized carbons (Fsp3) is 0. The molecule has 0 atom stereocenters. The van der Waals surface area contributed by atoms with E-state index in [1.165, 1.54) is 60.7 Å². The molecule has 4 aromatic rings. The average molecular weight is 454 g/mol. The minimum Gasteiger partial charge on any atom is -0.507 e. The lowest BCUT2D eigenvalue weighted by atomic mass is 10.0. The molecule has 0 amide bonds. The number of carbonyl (C=O) groups excluding carboxylic acids is 3. The van der Waals surface area contributed by atoms with E-state index >= 15 is 0 Å². The van der Waals surface area contributed by atoms with Crippen LogP contribution in [0.2, 0.25) is 0 Å². The van der Waals surface area contributed by atoms with E-state index in [0.29, 0.717) is 0 Å². The third-order valence-corrected chi connectivity index (χ3v) is 4.91. The van der Waals surface area contributed by atoms with Gasteiger partial charge in [0.15, 0.2) is 5.78 Å². The summed E-state index contributed by atoms with van der Waals surface area (Å²) in [6.45, 7) is 0. The average Bonchev–Trinajstić information content (AvgIpc) is 2.85. The van der Waals surface area contributed by atoms with Crippen molar-refractivity contribution in [3.63, 3.8) is 0 Å². The highest BCUT2D eigenvalue weighted by molar-refractivity contribution is 6.11. The SMILES string of the molecule is O=C(Oc1ccc(C(=O)c2ccccc2OC(=O)c2ccccc2O)cc1)c1ccccc1O. The van der Waals surface area contributed by atoms with Crippen molar-refractivity contribution in [1.29, 1.82) is 0 Å². The molecule has 7 nitrogen and oxygen atoms in total. The highest BCUT2D eigenvalue weighted by atomic mass is 16.5. The molecule has 2 N–H and O–H groups in total. The summed E-state index contributed by atoms with van der Waals surface area (Å²) in [5.74, 6) is -2.16. The Morgan fingerprint density at radius 3 is 1.56 bits per heavy atom. The second kappa shape index (κ2) is 9.70. The van der Waals surface area contributed by atoms with Gasteiger partial charge in [0.2, 0.25) is 0 Å². The summed E-state index contributed by atoms with van der Waals surface area (Å²) in [5.41, 5.74) is 0.405. The van der Waals surface area contributed by atoms with Gasteiger partial charge >= 0.3 is 11.9 Å². The molecule has 0 aliphatic carbocycles. The molecule has 0 aromatic heterocycles. The first-order chi connectivity index (χ1) is 16.4. The Morgan fingerprint density at radius 2 is 1.00 bits per heavy atom. The van der Waals surface area contributed by atoms with E-state index in [1.54, 1.807) is 36.4 Å². The summed E-state index contributed by atoms with van der Waals surface area (Å²) in [6.07, 6.45) is 0. The van der Waals surface area contributed by atoms with Crippen LogP contribution in [0.25, 0.3) is 0 Å². The highest BCUT2D eigenvalue weighted by Gasteiger charge is 2.20. The number of para-hydroxylation sites is 3. The van der Waals surface area contributed by atoms with Gasteiger partial charge in [0, 0.05) is 5.56 Å². The van der Waals surface area contributed by atoms with Crippen LogP contribution in [-0.4, -0.2) is 27.9 Å². The van der Waals surface area contributed by atoms with Crippen molar-refractivity contribution >= 4 is 17.7 Å². The van der Waals surface area contributed by atoms with Gasteiger partial charge < -0.3 is 19.7 Å². The van der Waals surface area contributed by atoms with E-state index < -0.39 is 17.7 Å². The molecule has 0 saturated heterocycles. The van der Waals surface area contributed by atoms with Gasteiger partial charge in [-0.1, -0.05) is 36.4 Å². The number of ether oxygens (including phenoxy) is 2. The van der Waals surface area contributed by atoms with Crippen LogP contribution in [0.15, 0.2) is 97.1 Å². The zero-order valence-corrected chi connectivity index (χ0v) is 17.7. The van der Waals surface area contributed by atoms with Gasteiger partial charge in [0.1, 0.15) is 34.1 Å². The molecule has 0 saturated carbocycles. The smallest absolute Gasteiger partial charge is 0.347 e. The molecule has 0 unspecified atom stereocenters. The Morgan fingerprint density at radius 1 is 0.529 bits per heavy atom. The number of carbonyl (C=O) groups is 3. The maximum Gasteiger partial charge on any atom is 0.347 e. The third-order valence-electron chi connectivity index (χ3n) is 4.91. The van der Waals surface area contributed by atoms with E-state index in [2.05, 4.69) is 0 Å². The topological polar surface area (TPSA) is 110 Å². The monoisotopic (exact) mass is 454 g/mol. The van der Waals surface area contributed by atoms with Gasteiger partial charge in [0.05, 0.1) is 5.56 Å². The molecule has 0 aliphatic heterocycles. The Balaban J connectivity index is 1.51. The lowest BCUT2D eigenvalue weighted by Gasteiger charge is -2.11. The van der Waals surface area contributed by atoms with E-state index in [4.69, 9.17) is 9.47 Å². The Labute approximate surface area is 194 Å². The summed E-state index contributed by atoms with van der Waals surface area (Å²) in [4.78, 5) is 37.8. The van der Waals surface area contributed by atoms with Crippen molar-refractivity contribution < 1.29 is 34.1 Å². The predicted molar refractivity (Wildman–Crippen MR) is 122 cm³/mol. The van der Waals surface area contributed by atoms with Crippen molar-refractivity contribution in [2.24, 2.45) is 0 Å². The molecular formula is C27H18O7. The number of phenols is 2. The molecule has 0 fully saturated rings. The molecule has 0 aliphatic rings. The molecule has 34 heavy (non-hydrogen) atoms. The van der Waals surface area contributed by atoms with Crippen LogP contribution in [-0.2, 0) is 0 Å². The number of phenolic OH excluding ortho intramolecular Hbond substituents is 2. The van der Waals surface area contributed by atoms with Crippen LogP contribution in [0.3, 0.4) is 0 Å². The molecule has 0 bridgehead atoms. The first-order valence-electron chi connectivity index (χ1n) is 10.2. The Bertz CT molecular complexity index is 1370. The van der Waals surface area contributed by atoms with Crippen LogP contribution in [0.1, 0.15) is 36.6 Å². The molecule has 4 rings (SSSR count). The van der Waals surface area contributed by atoms with Crippen molar-refractivity contribution in [2.75, 3.05) is 0 Å². The largest absolute Gasteiger partial charge is 0.507 e. The third kappa shape index (κ3) is 4.78. The number of hydrogen-bond acceptors (Lipinski definition) is 7. The van der Waals surface area contributed by atoms with Crippen LogP contribution in [0, 0.1) is 0 Å². The zero-order valence-electron chi connectivity index (χ0n) is 17.7. The van der Waals surface area contributed by atoms with Gasteiger partial charge in [0.25, 0.3) is 0 Å². The number of benzene rings is 4. The number of aromatic hydroxyl groups is 2. The van der Waals surface area contributed by atoms with E-state index in [9.17, 15) is 24.6 Å².